The van der Waals surface area contributed by atoms with Crippen LogP contribution in [-0.2, 0) is 4.79 Å². The minimum atomic E-state index is -2.69. The molecule has 5 N–H and O–H groups in total. The zero-order chi connectivity index (χ0) is 11.5. The van der Waals surface area contributed by atoms with Gasteiger partial charge < -0.3 is 30.3 Å². The van der Waals surface area contributed by atoms with E-state index in [-0.39, 0.29) is 6.29 Å². The number of carbonyl (C=O) groups excluding carboxylic acids is 1. The van der Waals surface area contributed by atoms with Gasteiger partial charge in [-0.2, -0.15) is 0 Å². The number of hydrogen-bond donors (Lipinski definition) is 5. The fraction of sp³-hybridized carbons (Fsp3) is 0.833. The van der Waals surface area contributed by atoms with Crippen LogP contribution in [0.15, 0.2) is 0 Å². The van der Waals surface area contributed by atoms with Gasteiger partial charge in [0.1, 0.15) is 24.4 Å². The second kappa shape index (κ2) is 5.22. The van der Waals surface area contributed by atoms with Crippen molar-refractivity contribution in [2.75, 3.05) is 0 Å². The molecule has 0 heterocycles. The van der Waals surface area contributed by atoms with Crippen LogP contribution in [0.3, 0.4) is 0 Å². The molecule has 0 spiro atoms. The number of hydrogen-bond acceptors (Lipinski definition) is 6. The lowest BCUT2D eigenvalue weighted by molar-refractivity contribution is -0.141. The summed E-state index contributed by atoms with van der Waals surface area (Å²) in [6, 6.07) is 0. The van der Waals surface area contributed by atoms with Gasteiger partial charge in [-0.1, -0.05) is 23.2 Å². The Kier molecular flexibility index (Phi) is 5.24. The van der Waals surface area contributed by atoms with Crippen LogP contribution >= 0.6 is 23.2 Å². The highest BCUT2D eigenvalue weighted by Crippen LogP contribution is 2.25. The highest BCUT2D eigenvalue weighted by atomic mass is 35.5. The summed E-state index contributed by atoms with van der Waals surface area (Å²) >= 11 is 10.0. The first-order valence-electron chi connectivity index (χ1n) is 3.49. The van der Waals surface area contributed by atoms with Crippen molar-refractivity contribution in [2.45, 2.75) is 28.9 Å². The summed E-state index contributed by atoms with van der Waals surface area (Å²) in [7, 11) is 0. The number of aliphatic hydroxyl groups is 5. The summed E-state index contributed by atoms with van der Waals surface area (Å²) in [4.78, 5) is 9.99. The van der Waals surface area contributed by atoms with E-state index in [9.17, 15) is 4.79 Å². The summed E-state index contributed by atoms with van der Waals surface area (Å²) in [5.41, 5.74) is 0. The molecule has 0 aliphatic heterocycles. The van der Waals surface area contributed by atoms with Gasteiger partial charge in [0.05, 0.1) is 0 Å². The lowest BCUT2D eigenvalue weighted by Gasteiger charge is -2.28. The van der Waals surface area contributed by atoms with Crippen LogP contribution in [0.2, 0.25) is 0 Å². The van der Waals surface area contributed by atoms with Crippen molar-refractivity contribution in [3.8, 4) is 0 Å². The van der Waals surface area contributed by atoms with E-state index in [0.29, 0.717) is 0 Å². The molecule has 0 saturated carbocycles. The molecule has 0 rings (SSSR count). The van der Waals surface area contributed by atoms with Gasteiger partial charge in [-0.15, -0.1) is 0 Å². The standard InChI is InChI=1S/C6H10Cl2O6/c7-6(8,14)5(13)4(12)3(11)2(10)1-9/h1-5,10-14H/t2-,3+,4+,5-/m0/s1. The molecule has 14 heavy (non-hydrogen) atoms. The zero-order valence-electron chi connectivity index (χ0n) is 6.79. The summed E-state index contributed by atoms with van der Waals surface area (Å²) in [6.45, 7) is 0. The number of rotatable bonds is 5. The van der Waals surface area contributed by atoms with E-state index in [0.717, 1.165) is 0 Å². The number of alkyl halides is 2. The molecule has 8 heteroatoms. The van der Waals surface area contributed by atoms with Crippen LogP contribution in [0.1, 0.15) is 0 Å². The Balaban J connectivity index is 4.46. The summed E-state index contributed by atoms with van der Waals surface area (Å²) in [5.74, 6) is 0. The van der Waals surface area contributed by atoms with Gasteiger partial charge in [-0.05, 0) is 0 Å². The third-order valence-electron chi connectivity index (χ3n) is 1.52. The van der Waals surface area contributed by atoms with Gasteiger partial charge >= 0.3 is 0 Å². The topological polar surface area (TPSA) is 118 Å². The van der Waals surface area contributed by atoms with Crippen molar-refractivity contribution in [3.05, 3.63) is 0 Å². The fourth-order valence-corrected chi connectivity index (χ4v) is 0.933. The quantitative estimate of drug-likeness (QED) is 0.277. The third kappa shape index (κ3) is 3.66. The normalized spacial score (nSPS) is 21.1. The molecule has 84 valence electrons. The highest BCUT2D eigenvalue weighted by Gasteiger charge is 2.41. The first-order chi connectivity index (χ1) is 6.21. The molecular formula is C6H10Cl2O6. The minimum Gasteiger partial charge on any atom is -0.387 e. The number of carbonyl (C=O) groups is 1. The van der Waals surface area contributed by atoms with E-state index in [1.54, 1.807) is 0 Å². The Morgan fingerprint density at radius 3 is 1.79 bits per heavy atom. The molecule has 0 saturated heterocycles. The summed E-state index contributed by atoms with van der Waals surface area (Å²) in [5, 5.41) is 44.6. The van der Waals surface area contributed by atoms with E-state index in [2.05, 4.69) is 0 Å². The Labute approximate surface area is 89.3 Å². The first-order valence-corrected chi connectivity index (χ1v) is 4.25. The molecule has 0 unspecified atom stereocenters. The van der Waals surface area contributed by atoms with Crippen LogP contribution in [0.4, 0.5) is 0 Å². The van der Waals surface area contributed by atoms with Crippen molar-refractivity contribution >= 4 is 29.5 Å². The molecule has 0 aliphatic carbocycles. The maximum absolute atomic E-state index is 9.99. The first kappa shape index (κ1) is 14.1. The SMILES string of the molecule is O=C[C@H](O)[C@@H](O)[C@@H](O)[C@H](O)C(O)(Cl)Cl. The monoisotopic (exact) mass is 248 g/mol. The molecule has 0 aromatic carbocycles. The third-order valence-corrected chi connectivity index (χ3v) is 1.97. The molecule has 0 aliphatic rings. The summed E-state index contributed by atoms with van der Waals surface area (Å²) in [6.07, 6.45) is -8.14. The maximum Gasteiger partial charge on any atom is 0.244 e. The Morgan fingerprint density at radius 2 is 1.50 bits per heavy atom. The second-order valence-electron chi connectivity index (χ2n) is 2.64. The molecule has 0 fully saturated rings. The maximum atomic E-state index is 9.99. The van der Waals surface area contributed by atoms with Crippen molar-refractivity contribution in [2.24, 2.45) is 0 Å². The Hall–Kier alpha value is 0.0500. The second-order valence-corrected chi connectivity index (χ2v) is 3.99. The molecule has 0 aromatic rings. The van der Waals surface area contributed by atoms with Crippen LogP contribution in [0.5, 0.6) is 0 Å². The summed E-state index contributed by atoms with van der Waals surface area (Å²) < 4.78 is -2.69. The van der Waals surface area contributed by atoms with Gasteiger partial charge in [0.2, 0.25) is 4.52 Å². The predicted molar refractivity (Wildman–Crippen MR) is 46.7 cm³/mol. The van der Waals surface area contributed by atoms with Crippen molar-refractivity contribution < 1.29 is 30.3 Å². The Morgan fingerprint density at radius 1 is 1.07 bits per heavy atom. The van der Waals surface area contributed by atoms with Crippen LogP contribution < -0.4 is 0 Å². The van der Waals surface area contributed by atoms with E-state index in [1.165, 1.54) is 0 Å². The van der Waals surface area contributed by atoms with Gasteiger partial charge in [0.15, 0.2) is 6.29 Å². The highest BCUT2D eigenvalue weighted by molar-refractivity contribution is 6.47. The van der Waals surface area contributed by atoms with Crippen molar-refractivity contribution in [1.29, 1.82) is 0 Å². The van der Waals surface area contributed by atoms with E-state index >= 15 is 0 Å². The number of aldehydes is 1. The van der Waals surface area contributed by atoms with E-state index in [4.69, 9.17) is 48.7 Å². The van der Waals surface area contributed by atoms with Gasteiger partial charge in [-0.25, -0.2) is 0 Å². The van der Waals surface area contributed by atoms with E-state index in [1.807, 2.05) is 0 Å². The number of halogens is 2. The zero-order valence-corrected chi connectivity index (χ0v) is 8.30. The fourth-order valence-electron chi connectivity index (χ4n) is 0.675. The lowest BCUT2D eigenvalue weighted by atomic mass is 10.0. The molecule has 0 aromatic heterocycles. The van der Waals surface area contributed by atoms with Crippen molar-refractivity contribution in [3.63, 3.8) is 0 Å². The van der Waals surface area contributed by atoms with Gasteiger partial charge in [0, 0.05) is 0 Å². The average molecular weight is 249 g/mol. The largest absolute Gasteiger partial charge is 0.387 e. The molecular weight excluding hydrogens is 239 g/mol. The van der Waals surface area contributed by atoms with Gasteiger partial charge in [-0.3, -0.25) is 0 Å². The number of aliphatic hydroxyl groups excluding tert-OH is 4. The molecule has 0 amide bonds. The lowest BCUT2D eigenvalue weighted by Crippen LogP contribution is -2.51. The molecule has 0 bridgehead atoms. The average Bonchev–Trinajstić information content (AvgIpc) is 2.11. The minimum absolute atomic E-state index is 0.0534. The molecule has 4 atom stereocenters. The van der Waals surface area contributed by atoms with E-state index < -0.39 is 28.9 Å². The van der Waals surface area contributed by atoms with Gasteiger partial charge in [0.25, 0.3) is 0 Å². The molecule has 0 radical (unpaired) electrons. The Bertz CT molecular complexity index is 193. The smallest absolute Gasteiger partial charge is 0.244 e. The van der Waals surface area contributed by atoms with Crippen LogP contribution in [-0.4, -0.2) is 60.8 Å². The molecule has 6 nitrogen and oxygen atoms in total. The predicted octanol–water partition coefficient (Wildman–Crippen LogP) is -2.25. The van der Waals surface area contributed by atoms with Crippen LogP contribution in [0.25, 0.3) is 0 Å². The van der Waals surface area contributed by atoms with Crippen molar-refractivity contribution in [1.82, 2.24) is 0 Å². The van der Waals surface area contributed by atoms with Crippen LogP contribution in [0, 0.1) is 0 Å².